The van der Waals surface area contributed by atoms with E-state index in [1.165, 1.54) is 18.9 Å². The van der Waals surface area contributed by atoms with Crippen LogP contribution in [0.3, 0.4) is 0 Å². The first-order valence-electron chi connectivity index (χ1n) is 9.46. The third-order valence-electron chi connectivity index (χ3n) is 5.04. The van der Waals surface area contributed by atoms with Gasteiger partial charge in [0.25, 0.3) is 11.8 Å². The number of amides is 2. The molecule has 2 atom stereocenters. The van der Waals surface area contributed by atoms with Gasteiger partial charge >= 0.3 is 5.97 Å². The van der Waals surface area contributed by atoms with Crippen molar-refractivity contribution in [2.24, 2.45) is 5.92 Å². The molecule has 0 aromatic heterocycles. The van der Waals surface area contributed by atoms with Gasteiger partial charge in [-0.3, -0.25) is 9.59 Å². The molecule has 0 saturated carbocycles. The van der Waals surface area contributed by atoms with Crippen LogP contribution in [0, 0.1) is 5.92 Å². The number of carbonyl (C=O) groups is 3. The summed E-state index contributed by atoms with van der Waals surface area (Å²) in [6.45, 7) is 4.98. The van der Waals surface area contributed by atoms with Crippen molar-refractivity contribution in [3.63, 3.8) is 0 Å². The van der Waals surface area contributed by atoms with E-state index in [2.05, 4.69) is 6.92 Å². The molecule has 0 aliphatic carbocycles. The van der Waals surface area contributed by atoms with E-state index >= 15 is 0 Å². The van der Waals surface area contributed by atoms with Crippen LogP contribution in [0.4, 0.5) is 5.69 Å². The average molecular weight is 371 g/mol. The molecule has 0 bridgehead atoms. The summed E-state index contributed by atoms with van der Waals surface area (Å²) in [5, 5.41) is 0. The maximum absolute atomic E-state index is 12.1. The van der Waals surface area contributed by atoms with Crippen molar-refractivity contribution < 1.29 is 23.9 Å². The van der Waals surface area contributed by atoms with Crippen LogP contribution in [0.5, 0.6) is 0 Å². The predicted molar refractivity (Wildman–Crippen MR) is 100 cm³/mol. The zero-order chi connectivity index (χ0) is 19.4. The van der Waals surface area contributed by atoms with Crippen molar-refractivity contribution in [2.45, 2.75) is 45.6 Å². The average Bonchev–Trinajstić information content (AvgIpc) is 2.90. The predicted octanol–water partition coefficient (Wildman–Crippen LogP) is 3.26. The molecule has 0 radical (unpaired) electrons. The molecule has 2 aliphatic heterocycles. The Balaban J connectivity index is 1.45. The highest BCUT2D eigenvalue weighted by Crippen LogP contribution is 2.28. The summed E-state index contributed by atoms with van der Waals surface area (Å²) in [5.41, 5.74) is 1.24. The highest BCUT2D eigenvalue weighted by molar-refractivity contribution is 6.30. The molecular weight excluding hydrogens is 346 g/mol. The van der Waals surface area contributed by atoms with Crippen LogP contribution in [0.25, 0.3) is 0 Å². The molecule has 27 heavy (non-hydrogen) atoms. The highest BCUT2D eigenvalue weighted by Gasteiger charge is 2.31. The summed E-state index contributed by atoms with van der Waals surface area (Å²) in [5.74, 6) is -0.468. The lowest BCUT2D eigenvalue weighted by Crippen LogP contribution is -2.39. The maximum Gasteiger partial charge on any atom is 0.338 e. The molecule has 1 fully saturated rings. The van der Waals surface area contributed by atoms with Gasteiger partial charge in [-0.2, -0.15) is 0 Å². The van der Waals surface area contributed by atoms with Crippen LogP contribution in [0.1, 0.15) is 49.9 Å². The van der Waals surface area contributed by atoms with E-state index in [-0.39, 0.29) is 11.8 Å². The lowest BCUT2D eigenvalue weighted by Gasteiger charge is -2.37. The molecule has 2 unspecified atom stereocenters. The second-order valence-corrected chi connectivity index (χ2v) is 7.05. The minimum Gasteiger partial charge on any atom is -0.462 e. The molecule has 0 N–H and O–H groups in total. The number of imide groups is 1. The quantitative estimate of drug-likeness (QED) is 0.398. The monoisotopic (exact) mass is 371 g/mol. The molecule has 1 aromatic carbocycles. The molecule has 144 valence electrons. The molecule has 0 spiro atoms. The number of rotatable bonds is 8. The van der Waals surface area contributed by atoms with E-state index in [9.17, 15) is 14.4 Å². The Hall–Kier alpha value is -2.47. The van der Waals surface area contributed by atoms with Crippen molar-refractivity contribution in [1.82, 2.24) is 0 Å². The van der Waals surface area contributed by atoms with Crippen LogP contribution in [0.2, 0.25) is 0 Å². The molecule has 2 aliphatic rings. The zero-order valence-corrected chi connectivity index (χ0v) is 15.8. The second kappa shape index (κ2) is 8.48. The maximum atomic E-state index is 12.1. The number of esters is 1. The summed E-state index contributed by atoms with van der Waals surface area (Å²) in [6, 6.07) is 6.29. The SMILES string of the molecule is CCCC1COC1CCCOC(=O)c1ccc(N2C(=O)C=C(C)C2=O)cc1. The summed E-state index contributed by atoms with van der Waals surface area (Å²) >= 11 is 0. The Labute approximate surface area is 159 Å². The molecule has 1 saturated heterocycles. The van der Waals surface area contributed by atoms with Crippen LogP contribution >= 0.6 is 0 Å². The van der Waals surface area contributed by atoms with E-state index in [1.54, 1.807) is 31.2 Å². The fourth-order valence-electron chi connectivity index (χ4n) is 3.44. The number of hydrogen-bond acceptors (Lipinski definition) is 5. The molecule has 6 heteroatoms. The van der Waals surface area contributed by atoms with Gasteiger partial charge in [0.05, 0.1) is 30.6 Å². The first-order chi connectivity index (χ1) is 13.0. The first-order valence-corrected chi connectivity index (χ1v) is 9.46. The molecule has 2 amide bonds. The van der Waals surface area contributed by atoms with Gasteiger partial charge in [0.15, 0.2) is 0 Å². The molecule has 1 aromatic rings. The van der Waals surface area contributed by atoms with Gasteiger partial charge in [-0.1, -0.05) is 13.3 Å². The van der Waals surface area contributed by atoms with E-state index in [0.717, 1.165) is 24.3 Å². The summed E-state index contributed by atoms with van der Waals surface area (Å²) in [7, 11) is 0. The number of carbonyl (C=O) groups excluding carboxylic acids is 3. The number of benzene rings is 1. The third-order valence-corrected chi connectivity index (χ3v) is 5.04. The van der Waals surface area contributed by atoms with Gasteiger partial charge in [0.2, 0.25) is 0 Å². The molecule has 6 nitrogen and oxygen atoms in total. The Bertz CT molecular complexity index is 752. The minimum absolute atomic E-state index is 0.301. The van der Waals surface area contributed by atoms with Gasteiger partial charge in [-0.25, -0.2) is 9.69 Å². The van der Waals surface area contributed by atoms with Crippen LogP contribution in [-0.2, 0) is 19.1 Å². The van der Waals surface area contributed by atoms with Gasteiger partial charge in [-0.05, 0) is 50.5 Å². The molecule has 2 heterocycles. The van der Waals surface area contributed by atoms with Gasteiger partial charge in [0, 0.05) is 17.6 Å². The lowest BCUT2D eigenvalue weighted by molar-refractivity contribution is -0.122. The number of nitrogens with zero attached hydrogens (tertiary/aromatic N) is 1. The minimum atomic E-state index is -0.408. The van der Waals surface area contributed by atoms with Crippen LogP contribution in [0.15, 0.2) is 35.9 Å². The Morgan fingerprint density at radius 1 is 1.22 bits per heavy atom. The Kier molecular flexibility index (Phi) is 6.06. The van der Waals surface area contributed by atoms with E-state index in [4.69, 9.17) is 9.47 Å². The van der Waals surface area contributed by atoms with Crippen molar-refractivity contribution >= 4 is 23.5 Å². The summed E-state index contributed by atoms with van der Waals surface area (Å²) in [6.07, 6.45) is 5.64. The Morgan fingerprint density at radius 3 is 2.52 bits per heavy atom. The zero-order valence-electron chi connectivity index (χ0n) is 15.8. The highest BCUT2D eigenvalue weighted by atomic mass is 16.5. The van der Waals surface area contributed by atoms with E-state index in [1.807, 2.05) is 0 Å². The standard InChI is InChI=1S/C21H25NO5/c1-3-5-16-13-27-18(16)6-4-11-26-21(25)15-7-9-17(10-8-15)22-19(23)12-14(2)20(22)24/h7-10,12,16,18H,3-6,11,13H2,1-2H3. The fraction of sp³-hybridized carbons (Fsp3) is 0.476. The molecular formula is C21H25NO5. The second-order valence-electron chi connectivity index (χ2n) is 7.05. The topological polar surface area (TPSA) is 72.9 Å². The van der Waals surface area contributed by atoms with E-state index < -0.39 is 5.97 Å². The van der Waals surface area contributed by atoms with Gasteiger partial charge < -0.3 is 9.47 Å². The van der Waals surface area contributed by atoms with Crippen molar-refractivity contribution in [1.29, 1.82) is 0 Å². The largest absolute Gasteiger partial charge is 0.462 e. The van der Waals surface area contributed by atoms with Gasteiger partial charge in [0.1, 0.15) is 0 Å². The van der Waals surface area contributed by atoms with Crippen molar-refractivity contribution in [3.05, 3.63) is 41.5 Å². The van der Waals surface area contributed by atoms with Gasteiger partial charge in [-0.15, -0.1) is 0 Å². The first kappa shape index (κ1) is 19.3. The van der Waals surface area contributed by atoms with Crippen LogP contribution in [-0.4, -0.2) is 37.1 Å². The van der Waals surface area contributed by atoms with Crippen molar-refractivity contribution in [3.8, 4) is 0 Å². The van der Waals surface area contributed by atoms with Crippen molar-refractivity contribution in [2.75, 3.05) is 18.1 Å². The molecule has 3 rings (SSSR count). The summed E-state index contributed by atoms with van der Waals surface area (Å²) < 4.78 is 10.9. The normalized spacial score (nSPS) is 21.9. The number of ether oxygens (including phenoxy) is 2. The fourth-order valence-corrected chi connectivity index (χ4v) is 3.44. The lowest BCUT2D eigenvalue weighted by atomic mass is 9.90. The Morgan fingerprint density at radius 2 is 1.96 bits per heavy atom. The number of hydrogen-bond donors (Lipinski definition) is 0. The summed E-state index contributed by atoms with van der Waals surface area (Å²) in [4.78, 5) is 37.1. The third kappa shape index (κ3) is 4.27. The van der Waals surface area contributed by atoms with Crippen LogP contribution < -0.4 is 4.90 Å². The van der Waals surface area contributed by atoms with E-state index in [0.29, 0.717) is 35.5 Å². The smallest absolute Gasteiger partial charge is 0.338 e. The number of anilines is 1.